The molecule has 4 aliphatic heterocycles. The van der Waals surface area contributed by atoms with Crippen molar-refractivity contribution in [3.63, 3.8) is 0 Å². The second kappa shape index (κ2) is 14.3. The highest BCUT2D eigenvalue weighted by Crippen LogP contribution is 2.59. The van der Waals surface area contributed by atoms with E-state index < -0.39 is 0 Å². The summed E-state index contributed by atoms with van der Waals surface area (Å²) in [4.78, 5) is 3.31. The van der Waals surface area contributed by atoms with Gasteiger partial charge in [0.15, 0.2) is 0 Å². The van der Waals surface area contributed by atoms with E-state index in [4.69, 9.17) is 18.9 Å². The molecule has 296 valence electrons. The molecule has 4 saturated heterocycles. The zero-order valence-corrected chi connectivity index (χ0v) is 33.3. The van der Waals surface area contributed by atoms with Gasteiger partial charge in [-0.05, 0) is 176 Å². The molecule has 53 heavy (non-hydrogen) atoms. The molecule has 0 aromatic rings. The van der Waals surface area contributed by atoms with Crippen molar-refractivity contribution in [1.82, 2.24) is 4.90 Å². The van der Waals surface area contributed by atoms with Gasteiger partial charge in [0.2, 0.25) is 0 Å². The van der Waals surface area contributed by atoms with Gasteiger partial charge in [-0.1, -0.05) is 44.9 Å². The highest BCUT2D eigenvalue weighted by atomic mass is 16.5. The molecule has 5 heteroatoms. The number of rotatable bonds is 4. The minimum Gasteiger partial charge on any atom is -0.374 e. The van der Waals surface area contributed by atoms with E-state index in [0.29, 0.717) is 54.7 Å². The largest absolute Gasteiger partial charge is 0.374 e. The fraction of sp³-hybridized carbons (Fsp3) is 1.00. The molecule has 12 rings (SSSR count). The molecule has 19 unspecified atom stereocenters. The summed E-state index contributed by atoms with van der Waals surface area (Å²) in [6.07, 6.45) is 42.3. The molecule has 12 aliphatic rings. The fourth-order valence-electron chi connectivity index (χ4n) is 18.0. The number of hydrogen-bond acceptors (Lipinski definition) is 5. The Hall–Kier alpha value is -0.200. The van der Waals surface area contributed by atoms with Gasteiger partial charge in [-0.25, -0.2) is 0 Å². The van der Waals surface area contributed by atoms with E-state index in [9.17, 15) is 0 Å². The van der Waals surface area contributed by atoms with Crippen LogP contribution in [0.3, 0.4) is 0 Å². The van der Waals surface area contributed by atoms with Gasteiger partial charge >= 0.3 is 0 Å². The summed E-state index contributed by atoms with van der Waals surface area (Å²) in [7, 11) is 0. The van der Waals surface area contributed by atoms with Crippen LogP contribution in [0, 0.1) is 59.2 Å². The van der Waals surface area contributed by atoms with Crippen molar-refractivity contribution >= 4 is 0 Å². The van der Waals surface area contributed by atoms with Crippen molar-refractivity contribution in [2.75, 3.05) is 0 Å². The van der Waals surface area contributed by atoms with Gasteiger partial charge in [0, 0.05) is 30.0 Å². The smallest absolute Gasteiger partial charge is 0.0667 e. The number of nitrogens with zero attached hydrogens (tertiary/aromatic N) is 1. The minimum atomic E-state index is 0.506. The summed E-state index contributed by atoms with van der Waals surface area (Å²) < 4.78 is 28.4. The molecule has 0 spiro atoms. The van der Waals surface area contributed by atoms with Crippen molar-refractivity contribution in [3.8, 4) is 0 Å². The predicted octanol–water partition coefficient (Wildman–Crippen LogP) is 10.3. The van der Waals surface area contributed by atoms with Crippen LogP contribution < -0.4 is 0 Å². The first-order valence-electron chi connectivity index (χ1n) is 24.7. The van der Waals surface area contributed by atoms with Gasteiger partial charge in [0.25, 0.3) is 0 Å². The quantitative estimate of drug-likeness (QED) is 0.288. The van der Waals surface area contributed by atoms with Gasteiger partial charge in [-0.15, -0.1) is 0 Å². The van der Waals surface area contributed by atoms with E-state index in [0.717, 1.165) is 71.4 Å². The van der Waals surface area contributed by atoms with E-state index in [1.807, 2.05) is 0 Å². The standard InChI is InChI=1S/C48H75NO4/c1-4-15-39-32(9-1)33-24-23-30(27-44(33)52-39)49(38-14-8-18-42-45(38)36-10-2-5-16-40(36)50-42)29-21-19-28(20-22-29)31-12-7-13-34-35-25-26-43-46(48(35)53-47(31)34)37-11-3-6-17-41(37)51-43/h28-48H,1-27H2. The van der Waals surface area contributed by atoms with E-state index in [1.54, 1.807) is 0 Å². The van der Waals surface area contributed by atoms with E-state index >= 15 is 0 Å². The van der Waals surface area contributed by atoms with Gasteiger partial charge in [0.1, 0.15) is 0 Å². The van der Waals surface area contributed by atoms with E-state index in [2.05, 4.69) is 4.90 Å². The summed E-state index contributed by atoms with van der Waals surface area (Å²) in [6, 6.07) is 2.25. The average Bonchev–Trinajstić information content (AvgIpc) is 3.98. The van der Waals surface area contributed by atoms with Crippen LogP contribution in [0.5, 0.6) is 0 Å². The lowest BCUT2D eigenvalue weighted by Crippen LogP contribution is -2.58. The third kappa shape index (κ3) is 5.80. The summed E-state index contributed by atoms with van der Waals surface area (Å²) in [5.74, 6) is 8.22. The second-order valence-electron chi connectivity index (χ2n) is 21.8. The normalized spacial score (nSPS) is 57.3. The Morgan fingerprint density at radius 3 is 1.62 bits per heavy atom. The molecule has 8 aliphatic carbocycles. The summed E-state index contributed by atoms with van der Waals surface area (Å²) in [6.45, 7) is 0. The summed E-state index contributed by atoms with van der Waals surface area (Å²) >= 11 is 0. The van der Waals surface area contributed by atoms with Gasteiger partial charge in [0.05, 0.1) is 48.8 Å². The number of fused-ring (bicyclic) bond motifs is 13. The SMILES string of the molecule is C1CCC2C(C1)OC1CC(N(C3CCC(C4CCCC5C6CCC7OC8CCCCC8C7C6OC45)CC3)C3CCCC4OC5CCCCC5C43)CCC12. The Balaban J connectivity index is 0.778. The molecule has 0 amide bonds. The topological polar surface area (TPSA) is 40.2 Å². The lowest BCUT2D eigenvalue weighted by Gasteiger charge is -2.53. The summed E-state index contributed by atoms with van der Waals surface area (Å²) in [5.41, 5.74) is 0. The monoisotopic (exact) mass is 730 g/mol. The number of ether oxygens (including phenoxy) is 4. The van der Waals surface area contributed by atoms with Crippen molar-refractivity contribution in [3.05, 3.63) is 0 Å². The van der Waals surface area contributed by atoms with Crippen LogP contribution in [0.2, 0.25) is 0 Å². The third-order valence-electron chi connectivity index (χ3n) is 19.9. The van der Waals surface area contributed by atoms with Gasteiger partial charge in [-0.3, -0.25) is 4.90 Å². The van der Waals surface area contributed by atoms with Crippen LogP contribution in [-0.2, 0) is 18.9 Å². The van der Waals surface area contributed by atoms with Gasteiger partial charge in [-0.2, -0.15) is 0 Å². The maximum atomic E-state index is 7.52. The molecule has 0 bridgehead atoms. The first kappa shape index (κ1) is 34.8. The maximum Gasteiger partial charge on any atom is 0.0667 e. The molecule has 4 heterocycles. The average molecular weight is 730 g/mol. The highest BCUT2D eigenvalue weighted by molar-refractivity contribution is 5.10. The molecular formula is C48H75NO4. The van der Waals surface area contributed by atoms with E-state index in [1.165, 1.54) is 173 Å². The van der Waals surface area contributed by atoms with Crippen molar-refractivity contribution in [1.29, 1.82) is 0 Å². The van der Waals surface area contributed by atoms with Crippen LogP contribution in [0.1, 0.15) is 173 Å². The van der Waals surface area contributed by atoms with E-state index in [-0.39, 0.29) is 0 Å². The first-order chi connectivity index (χ1) is 26.3. The van der Waals surface area contributed by atoms with Crippen LogP contribution >= 0.6 is 0 Å². The molecule has 8 saturated carbocycles. The lowest BCUT2D eigenvalue weighted by atomic mass is 9.62. The predicted molar refractivity (Wildman–Crippen MR) is 207 cm³/mol. The molecule has 19 atom stereocenters. The number of hydrogen-bond donors (Lipinski definition) is 0. The fourth-order valence-corrected chi connectivity index (χ4v) is 18.0. The van der Waals surface area contributed by atoms with Crippen molar-refractivity contribution in [2.45, 2.75) is 240 Å². The second-order valence-corrected chi connectivity index (χ2v) is 21.8. The zero-order chi connectivity index (χ0) is 34.6. The molecule has 0 aromatic carbocycles. The maximum absolute atomic E-state index is 7.52. The molecule has 12 fully saturated rings. The Kier molecular flexibility index (Phi) is 9.37. The van der Waals surface area contributed by atoms with Crippen molar-refractivity contribution < 1.29 is 18.9 Å². The lowest BCUT2D eigenvalue weighted by molar-refractivity contribution is -0.0921. The Morgan fingerprint density at radius 1 is 0.302 bits per heavy atom. The first-order valence-corrected chi connectivity index (χ1v) is 24.7. The molecule has 0 aromatic heterocycles. The van der Waals surface area contributed by atoms with Crippen LogP contribution in [0.25, 0.3) is 0 Å². The van der Waals surface area contributed by atoms with Crippen LogP contribution in [-0.4, -0.2) is 71.9 Å². The molecule has 5 nitrogen and oxygen atoms in total. The minimum absolute atomic E-state index is 0.506. The Bertz CT molecular complexity index is 1300. The molecule has 0 N–H and O–H groups in total. The Morgan fingerprint density at radius 2 is 0.830 bits per heavy atom. The van der Waals surface area contributed by atoms with Crippen LogP contribution in [0.4, 0.5) is 0 Å². The summed E-state index contributed by atoms with van der Waals surface area (Å²) in [5, 5.41) is 0. The Labute approximate surface area is 322 Å². The third-order valence-corrected chi connectivity index (χ3v) is 19.9. The molecule has 0 radical (unpaired) electrons. The highest BCUT2D eigenvalue weighted by Gasteiger charge is 2.61. The van der Waals surface area contributed by atoms with Crippen LogP contribution in [0.15, 0.2) is 0 Å². The van der Waals surface area contributed by atoms with Gasteiger partial charge < -0.3 is 18.9 Å². The zero-order valence-electron chi connectivity index (χ0n) is 33.3. The molecular weight excluding hydrogens is 655 g/mol. The van der Waals surface area contributed by atoms with Crippen molar-refractivity contribution in [2.24, 2.45) is 59.2 Å².